The lowest BCUT2D eigenvalue weighted by Crippen LogP contribution is -2.24. The molecule has 2 aromatic rings. The van der Waals surface area contributed by atoms with Gasteiger partial charge in [-0.15, -0.1) is 0 Å². The van der Waals surface area contributed by atoms with Crippen LogP contribution in [0.2, 0.25) is 10.0 Å². The van der Waals surface area contributed by atoms with Gasteiger partial charge in [0.1, 0.15) is 17.4 Å². The van der Waals surface area contributed by atoms with E-state index in [4.69, 9.17) is 23.2 Å². The van der Waals surface area contributed by atoms with Crippen molar-refractivity contribution in [2.75, 3.05) is 11.1 Å². The maximum atomic E-state index is 13.0. The molecular weight excluding hydrogens is 383 g/mol. The average Bonchev–Trinajstić information content (AvgIpc) is 2.45. The standard InChI is InChI=1S/C15H11Cl2F2NO3S/c16-12-5-10(18)2-1-9(12)7-24(22,23)8-15(21)20-11-3-4-14(19)13(17)6-11/h1-6H,7-8H2,(H,20,21). The summed E-state index contributed by atoms with van der Waals surface area (Å²) in [7, 11) is -3.83. The zero-order chi connectivity index (χ0) is 17.9. The van der Waals surface area contributed by atoms with Crippen LogP contribution in [0.5, 0.6) is 0 Å². The molecule has 0 saturated heterocycles. The molecule has 0 radical (unpaired) electrons. The lowest BCUT2D eigenvalue weighted by Gasteiger charge is -2.08. The van der Waals surface area contributed by atoms with Gasteiger partial charge in [-0.25, -0.2) is 17.2 Å². The number of hydrogen-bond donors (Lipinski definition) is 1. The summed E-state index contributed by atoms with van der Waals surface area (Å²) in [6.07, 6.45) is 0. The van der Waals surface area contributed by atoms with Crippen molar-refractivity contribution < 1.29 is 22.0 Å². The van der Waals surface area contributed by atoms with E-state index in [2.05, 4.69) is 5.32 Å². The Labute approximate surface area is 147 Å². The summed E-state index contributed by atoms with van der Waals surface area (Å²) in [4.78, 5) is 11.8. The van der Waals surface area contributed by atoms with Crippen molar-refractivity contribution in [1.82, 2.24) is 0 Å². The van der Waals surface area contributed by atoms with Gasteiger partial charge in [-0.2, -0.15) is 0 Å². The van der Waals surface area contributed by atoms with E-state index in [0.717, 1.165) is 24.3 Å². The number of sulfone groups is 1. The number of amides is 1. The van der Waals surface area contributed by atoms with Crippen LogP contribution in [0.1, 0.15) is 5.56 Å². The number of carbonyl (C=O) groups is 1. The van der Waals surface area contributed by atoms with Crippen molar-refractivity contribution in [1.29, 1.82) is 0 Å². The van der Waals surface area contributed by atoms with Crippen LogP contribution in [0.25, 0.3) is 0 Å². The third kappa shape index (κ3) is 5.15. The molecule has 2 rings (SSSR count). The Morgan fingerprint density at radius 3 is 2.38 bits per heavy atom. The van der Waals surface area contributed by atoms with Crippen LogP contribution < -0.4 is 5.32 Å². The first kappa shape index (κ1) is 18.6. The second-order valence-corrected chi connectivity index (χ2v) is 7.82. The first-order chi connectivity index (χ1) is 11.2. The highest BCUT2D eigenvalue weighted by atomic mass is 35.5. The van der Waals surface area contributed by atoms with E-state index in [0.29, 0.717) is 0 Å². The van der Waals surface area contributed by atoms with Crippen LogP contribution in [0, 0.1) is 11.6 Å². The largest absolute Gasteiger partial charge is 0.325 e. The van der Waals surface area contributed by atoms with E-state index in [1.54, 1.807) is 0 Å². The number of halogens is 4. The van der Waals surface area contributed by atoms with Crippen LogP contribution in [0.4, 0.5) is 14.5 Å². The minimum Gasteiger partial charge on any atom is -0.325 e. The van der Waals surface area contributed by atoms with Gasteiger partial charge in [0.05, 0.1) is 10.8 Å². The highest BCUT2D eigenvalue weighted by Gasteiger charge is 2.19. The van der Waals surface area contributed by atoms with Gasteiger partial charge in [0.2, 0.25) is 5.91 Å². The molecule has 0 atom stereocenters. The van der Waals surface area contributed by atoms with Crippen LogP contribution in [-0.4, -0.2) is 20.1 Å². The Morgan fingerprint density at radius 1 is 1.04 bits per heavy atom. The third-order valence-corrected chi connectivity index (χ3v) is 5.04. The van der Waals surface area contributed by atoms with Crippen LogP contribution in [-0.2, 0) is 20.4 Å². The van der Waals surface area contributed by atoms with Crippen LogP contribution >= 0.6 is 23.2 Å². The normalized spacial score (nSPS) is 11.3. The molecule has 0 spiro atoms. The number of anilines is 1. The van der Waals surface area contributed by atoms with E-state index in [1.807, 2.05) is 0 Å². The Morgan fingerprint density at radius 2 is 1.75 bits per heavy atom. The molecule has 0 heterocycles. The summed E-state index contributed by atoms with van der Waals surface area (Å²) in [6, 6.07) is 6.78. The Bertz CT molecular complexity index is 888. The van der Waals surface area contributed by atoms with E-state index < -0.39 is 38.9 Å². The number of hydrogen-bond acceptors (Lipinski definition) is 3. The molecular formula is C15H11Cl2F2NO3S. The molecule has 4 nitrogen and oxygen atoms in total. The number of benzene rings is 2. The van der Waals surface area contributed by atoms with Gasteiger partial charge < -0.3 is 5.32 Å². The summed E-state index contributed by atoms with van der Waals surface area (Å²) < 4.78 is 50.1. The van der Waals surface area contributed by atoms with E-state index in [1.165, 1.54) is 12.1 Å². The summed E-state index contributed by atoms with van der Waals surface area (Å²) in [5.41, 5.74) is 0.358. The zero-order valence-corrected chi connectivity index (χ0v) is 14.4. The first-order valence-corrected chi connectivity index (χ1v) is 9.13. The summed E-state index contributed by atoms with van der Waals surface area (Å²) >= 11 is 11.4. The maximum absolute atomic E-state index is 13.0. The molecule has 24 heavy (non-hydrogen) atoms. The first-order valence-electron chi connectivity index (χ1n) is 6.55. The topological polar surface area (TPSA) is 63.2 Å². The second-order valence-electron chi connectivity index (χ2n) is 4.95. The molecule has 2 aromatic carbocycles. The van der Waals surface area contributed by atoms with Crippen molar-refractivity contribution >= 4 is 44.6 Å². The number of nitrogens with one attached hydrogen (secondary N) is 1. The quantitative estimate of drug-likeness (QED) is 0.839. The molecule has 0 aliphatic rings. The lowest BCUT2D eigenvalue weighted by atomic mass is 10.2. The van der Waals surface area contributed by atoms with E-state index >= 15 is 0 Å². The fraction of sp³-hybridized carbons (Fsp3) is 0.133. The molecule has 1 N–H and O–H groups in total. The Balaban J connectivity index is 2.05. The highest BCUT2D eigenvalue weighted by Crippen LogP contribution is 2.21. The second kappa shape index (κ2) is 7.46. The summed E-state index contributed by atoms with van der Waals surface area (Å²) in [5.74, 6) is -3.38. The molecule has 0 bridgehead atoms. The zero-order valence-electron chi connectivity index (χ0n) is 12.0. The Hall–Kier alpha value is -1.70. The minimum absolute atomic E-state index is 0.0377. The molecule has 1 amide bonds. The minimum atomic E-state index is -3.83. The third-order valence-electron chi connectivity index (χ3n) is 2.94. The van der Waals surface area contributed by atoms with Crippen molar-refractivity contribution in [2.24, 2.45) is 0 Å². The smallest absolute Gasteiger partial charge is 0.239 e. The van der Waals surface area contributed by atoms with Crippen LogP contribution in [0.15, 0.2) is 36.4 Å². The van der Waals surface area contributed by atoms with Gasteiger partial charge in [0, 0.05) is 10.7 Å². The highest BCUT2D eigenvalue weighted by molar-refractivity contribution is 7.91. The molecule has 0 aromatic heterocycles. The molecule has 128 valence electrons. The van der Waals surface area contributed by atoms with Gasteiger partial charge in [-0.05, 0) is 35.9 Å². The van der Waals surface area contributed by atoms with Gasteiger partial charge >= 0.3 is 0 Å². The van der Waals surface area contributed by atoms with E-state index in [-0.39, 0.29) is 21.3 Å². The van der Waals surface area contributed by atoms with Crippen molar-refractivity contribution in [3.05, 3.63) is 63.6 Å². The lowest BCUT2D eigenvalue weighted by molar-refractivity contribution is -0.113. The predicted molar refractivity (Wildman–Crippen MR) is 88.9 cm³/mol. The molecule has 9 heteroatoms. The molecule has 0 unspecified atom stereocenters. The number of rotatable bonds is 5. The summed E-state index contributed by atoms with van der Waals surface area (Å²) in [6.45, 7) is 0. The monoisotopic (exact) mass is 393 g/mol. The maximum Gasteiger partial charge on any atom is 0.239 e. The summed E-state index contributed by atoms with van der Waals surface area (Å²) in [5, 5.41) is 2.08. The predicted octanol–water partition coefficient (Wildman–Crippen LogP) is 3.83. The van der Waals surface area contributed by atoms with E-state index in [9.17, 15) is 22.0 Å². The average molecular weight is 394 g/mol. The molecule has 0 aliphatic carbocycles. The van der Waals surface area contributed by atoms with Crippen molar-refractivity contribution in [3.8, 4) is 0 Å². The van der Waals surface area contributed by atoms with Gasteiger partial charge in [-0.3, -0.25) is 4.79 Å². The van der Waals surface area contributed by atoms with Gasteiger partial charge in [-0.1, -0.05) is 29.3 Å². The fourth-order valence-corrected chi connectivity index (χ4v) is 3.69. The fourth-order valence-electron chi connectivity index (χ4n) is 1.90. The molecule has 0 aliphatic heterocycles. The SMILES string of the molecule is O=C(CS(=O)(=O)Cc1ccc(F)cc1Cl)Nc1ccc(F)c(Cl)c1. The number of carbonyl (C=O) groups excluding carboxylic acids is 1. The van der Waals surface area contributed by atoms with Crippen molar-refractivity contribution in [2.45, 2.75) is 5.75 Å². The van der Waals surface area contributed by atoms with Gasteiger partial charge in [0.25, 0.3) is 0 Å². The van der Waals surface area contributed by atoms with Crippen LogP contribution in [0.3, 0.4) is 0 Å². The molecule has 0 saturated carbocycles. The molecule has 0 fully saturated rings. The van der Waals surface area contributed by atoms with Crippen molar-refractivity contribution in [3.63, 3.8) is 0 Å². The Kier molecular flexibility index (Phi) is 5.79. The van der Waals surface area contributed by atoms with Gasteiger partial charge in [0.15, 0.2) is 9.84 Å².